The molecule has 2 rings (SSSR count). The zero-order valence-corrected chi connectivity index (χ0v) is 11.4. The molecule has 0 saturated carbocycles. The van der Waals surface area contributed by atoms with E-state index in [2.05, 4.69) is 15.3 Å². The third-order valence-electron chi connectivity index (χ3n) is 3.67. The molecule has 5 heteroatoms. The van der Waals surface area contributed by atoms with Crippen LogP contribution in [0.1, 0.15) is 43.9 Å². The summed E-state index contributed by atoms with van der Waals surface area (Å²) in [7, 11) is 0. The molecule has 1 unspecified atom stereocenters. The molecule has 19 heavy (non-hydrogen) atoms. The summed E-state index contributed by atoms with van der Waals surface area (Å²) in [5.74, 6) is -0.180. The average molecular weight is 263 g/mol. The predicted molar refractivity (Wildman–Crippen MR) is 73.2 cm³/mol. The number of aryl methyl sites for hydroxylation is 1. The second kappa shape index (κ2) is 6.50. The minimum Gasteiger partial charge on any atom is -0.481 e. The molecule has 0 bridgehead atoms. The molecule has 1 atom stereocenters. The fourth-order valence-corrected chi connectivity index (χ4v) is 2.38. The topological polar surface area (TPSA) is 75.1 Å². The van der Waals surface area contributed by atoms with Crippen molar-refractivity contribution >= 4 is 11.8 Å². The van der Waals surface area contributed by atoms with E-state index in [4.69, 9.17) is 5.11 Å². The highest BCUT2D eigenvalue weighted by Gasteiger charge is 2.15. The Labute approximate surface area is 113 Å². The van der Waals surface area contributed by atoms with Gasteiger partial charge in [0.2, 0.25) is 0 Å². The Hall–Kier alpha value is -1.65. The molecule has 1 aliphatic carbocycles. The van der Waals surface area contributed by atoms with Crippen molar-refractivity contribution in [2.24, 2.45) is 5.92 Å². The van der Waals surface area contributed by atoms with Gasteiger partial charge in [0, 0.05) is 17.8 Å². The Morgan fingerprint density at radius 2 is 2.16 bits per heavy atom. The molecular weight excluding hydrogens is 242 g/mol. The molecule has 1 heterocycles. The Morgan fingerprint density at radius 3 is 2.95 bits per heavy atom. The maximum Gasteiger partial charge on any atom is 0.306 e. The fourth-order valence-electron chi connectivity index (χ4n) is 2.38. The van der Waals surface area contributed by atoms with Crippen LogP contribution in [0.3, 0.4) is 0 Å². The monoisotopic (exact) mass is 263 g/mol. The summed E-state index contributed by atoms with van der Waals surface area (Å²) in [5, 5.41) is 12.1. The number of aromatic nitrogens is 2. The van der Waals surface area contributed by atoms with Crippen molar-refractivity contribution in [3.05, 3.63) is 17.6 Å². The van der Waals surface area contributed by atoms with Gasteiger partial charge >= 0.3 is 5.97 Å². The molecule has 0 saturated heterocycles. The van der Waals surface area contributed by atoms with E-state index in [9.17, 15) is 4.79 Å². The van der Waals surface area contributed by atoms with Crippen molar-refractivity contribution in [3.63, 3.8) is 0 Å². The maximum atomic E-state index is 10.8. The Morgan fingerprint density at radius 1 is 1.37 bits per heavy atom. The van der Waals surface area contributed by atoms with Gasteiger partial charge in [-0.15, -0.1) is 0 Å². The summed E-state index contributed by atoms with van der Waals surface area (Å²) in [6.45, 7) is 2.36. The smallest absolute Gasteiger partial charge is 0.306 e. The van der Waals surface area contributed by atoms with Crippen molar-refractivity contribution in [3.8, 4) is 0 Å². The summed E-state index contributed by atoms with van der Waals surface area (Å²) in [4.78, 5) is 19.4. The Kier molecular flexibility index (Phi) is 4.71. The lowest BCUT2D eigenvalue weighted by Crippen LogP contribution is -2.16. The van der Waals surface area contributed by atoms with Crippen LogP contribution in [0.15, 0.2) is 6.33 Å². The van der Waals surface area contributed by atoms with Gasteiger partial charge in [0.1, 0.15) is 12.1 Å². The lowest BCUT2D eigenvalue weighted by Gasteiger charge is -2.13. The van der Waals surface area contributed by atoms with Gasteiger partial charge in [0.15, 0.2) is 0 Å². The zero-order valence-electron chi connectivity index (χ0n) is 11.4. The molecule has 1 aromatic rings. The minimum absolute atomic E-state index is 0.326. The van der Waals surface area contributed by atoms with E-state index < -0.39 is 5.97 Å². The van der Waals surface area contributed by atoms with Crippen molar-refractivity contribution in [1.29, 1.82) is 0 Å². The zero-order chi connectivity index (χ0) is 13.7. The van der Waals surface area contributed by atoms with E-state index in [0.29, 0.717) is 13.0 Å². The van der Waals surface area contributed by atoms with Gasteiger partial charge in [-0.1, -0.05) is 13.3 Å². The van der Waals surface area contributed by atoms with E-state index in [0.717, 1.165) is 24.4 Å². The number of fused-ring (bicyclic) bond motifs is 1. The molecule has 104 valence electrons. The van der Waals surface area contributed by atoms with Crippen LogP contribution in [-0.2, 0) is 17.6 Å². The number of anilines is 1. The second-order valence-corrected chi connectivity index (χ2v) is 5.16. The number of aliphatic carboxylic acids is 1. The third kappa shape index (κ3) is 3.66. The first-order valence-corrected chi connectivity index (χ1v) is 6.98. The molecule has 1 aromatic heterocycles. The second-order valence-electron chi connectivity index (χ2n) is 5.16. The highest BCUT2D eigenvalue weighted by Crippen LogP contribution is 2.23. The van der Waals surface area contributed by atoms with E-state index in [1.165, 1.54) is 24.8 Å². The fraction of sp³-hybridized carbons (Fsp3) is 0.643. The van der Waals surface area contributed by atoms with Gasteiger partial charge in [0.05, 0.1) is 5.92 Å². The van der Waals surface area contributed by atoms with E-state index >= 15 is 0 Å². The van der Waals surface area contributed by atoms with Gasteiger partial charge in [-0.3, -0.25) is 4.79 Å². The summed E-state index contributed by atoms with van der Waals surface area (Å²) in [6.07, 6.45) is 7.87. The number of hydrogen-bond acceptors (Lipinski definition) is 4. The first-order chi connectivity index (χ1) is 9.18. The highest BCUT2D eigenvalue weighted by molar-refractivity contribution is 5.69. The summed E-state index contributed by atoms with van der Waals surface area (Å²) < 4.78 is 0. The third-order valence-corrected chi connectivity index (χ3v) is 3.67. The van der Waals surface area contributed by atoms with Gasteiger partial charge < -0.3 is 10.4 Å². The summed E-state index contributed by atoms with van der Waals surface area (Å²) in [6, 6.07) is 0. The number of carboxylic acid groups (broad SMARTS) is 1. The molecule has 0 aromatic carbocycles. The van der Waals surface area contributed by atoms with Crippen LogP contribution in [0.5, 0.6) is 0 Å². The molecule has 2 N–H and O–H groups in total. The number of carboxylic acids is 1. The summed E-state index contributed by atoms with van der Waals surface area (Å²) >= 11 is 0. The van der Waals surface area contributed by atoms with Crippen molar-refractivity contribution in [2.75, 3.05) is 11.9 Å². The molecule has 0 radical (unpaired) electrons. The Bertz CT molecular complexity index is 448. The predicted octanol–water partition coefficient (Wildman–Crippen LogP) is 2.27. The number of rotatable bonds is 5. The van der Waals surface area contributed by atoms with Crippen LogP contribution in [-0.4, -0.2) is 27.6 Å². The van der Waals surface area contributed by atoms with E-state index in [1.54, 1.807) is 13.3 Å². The first-order valence-electron chi connectivity index (χ1n) is 6.98. The minimum atomic E-state index is -0.747. The molecule has 0 fully saturated rings. The number of nitrogens with zero attached hydrogens (tertiary/aromatic N) is 2. The lowest BCUT2D eigenvalue weighted by atomic mass is 10.1. The van der Waals surface area contributed by atoms with Gasteiger partial charge in [-0.2, -0.15) is 0 Å². The Balaban J connectivity index is 1.99. The number of nitrogens with one attached hydrogen (secondary N) is 1. The van der Waals surface area contributed by atoms with E-state index in [-0.39, 0.29) is 5.92 Å². The van der Waals surface area contributed by atoms with Crippen LogP contribution in [0, 0.1) is 5.92 Å². The molecule has 0 aliphatic heterocycles. The van der Waals surface area contributed by atoms with Gasteiger partial charge in [0.25, 0.3) is 0 Å². The van der Waals surface area contributed by atoms with Gasteiger partial charge in [-0.25, -0.2) is 9.97 Å². The maximum absolute atomic E-state index is 10.8. The highest BCUT2D eigenvalue weighted by atomic mass is 16.4. The molecule has 1 aliphatic rings. The van der Waals surface area contributed by atoms with Crippen molar-refractivity contribution in [1.82, 2.24) is 9.97 Å². The standard InChI is InChI=1S/C14H21N3O2/c1-10(14(18)19)7-8-15-13-11-5-3-2-4-6-12(11)16-9-17-13/h9-10H,2-8H2,1H3,(H,18,19)(H,15,16,17). The molecule has 5 nitrogen and oxygen atoms in total. The average Bonchev–Trinajstić information content (AvgIpc) is 2.64. The number of carbonyl (C=O) groups is 1. The normalized spacial score (nSPS) is 16.3. The van der Waals surface area contributed by atoms with Crippen molar-refractivity contribution in [2.45, 2.75) is 45.4 Å². The first kappa shape index (κ1) is 13.8. The largest absolute Gasteiger partial charge is 0.481 e. The molecular formula is C14H21N3O2. The molecule has 0 amide bonds. The van der Waals surface area contributed by atoms with Crippen LogP contribution in [0.4, 0.5) is 5.82 Å². The molecule has 0 spiro atoms. The van der Waals surface area contributed by atoms with Crippen LogP contribution in [0.25, 0.3) is 0 Å². The van der Waals surface area contributed by atoms with Gasteiger partial charge in [-0.05, 0) is 32.1 Å². The van der Waals surface area contributed by atoms with Crippen LogP contribution in [0.2, 0.25) is 0 Å². The lowest BCUT2D eigenvalue weighted by molar-refractivity contribution is -0.141. The van der Waals surface area contributed by atoms with E-state index in [1.807, 2.05) is 0 Å². The summed E-state index contributed by atoms with van der Waals surface area (Å²) in [5.41, 5.74) is 2.38. The quantitative estimate of drug-likeness (QED) is 0.797. The van der Waals surface area contributed by atoms with Crippen molar-refractivity contribution < 1.29 is 9.90 Å². The SMILES string of the molecule is CC(CCNc1ncnc2c1CCCCC2)C(=O)O. The number of hydrogen-bond donors (Lipinski definition) is 2. The van der Waals surface area contributed by atoms with Crippen LogP contribution < -0.4 is 5.32 Å². The van der Waals surface area contributed by atoms with Crippen LogP contribution >= 0.6 is 0 Å².